The van der Waals surface area contributed by atoms with E-state index in [1.165, 1.54) is 16.8 Å². The van der Waals surface area contributed by atoms with E-state index in [1.54, 1.807) is 0 Å². The molecule has 5 heteroatoms. The molecule has 2 heterocycles. The molecule has 4 rings (SSSR count). The summed E-state index contributed by atoms with van der Waals surface area (Å²) in [6, 6.07) is 10.4. The maximum atomic E-state index is 13.2. The Labute approximate surface area is 148 Å². The van der Waals surface area contributed by atoms with Gasteiger partial charge in [-0.3, -0.25) is 9.48 Å². The molecule has 5 nitrogen and oxygen atoms in total. The van der Waals surface area contributed by atoms with Gasteiger partial charge in [-0.05, 0) is 38.2 Å². The Morgan fingerprint density at radius 2 is 2.12 bits per heavy atom. The lowest BCUT2D eigenvalue weighted by atomic mass is 9.75. The Hall–Kier alpha value is -2.14. The highest BCUT2D eigenvalue weighted by Crippen LogP contribution is 2.34. The number of fused-ring (bicyclic) bond motifs is 1. The summed E-state index contributed by atoms with van der Waals surface area (Å²) in [5.74, 6) is 0.177. The molecule has 0 bridgehead atoms. The van der Waals surface area contributed by atoms with Crippen molar-refractivity contribution in [2.75, 3.05) is 13.1 Å². The van der Waals surface area contributed by atoms with Crippen molar-refractivity contribution in [1.82, 2.24) is 20.4 Å². The molecule has 1 atom stereocenters. The zero-order valence-electron chi connectivity index (χ0n) is 15.0. The number of carbonyl (C=O) groups excluding carboxylic acids is 1. The smallest absolute Gasteiger partial charge is 0.229 e. The molecule has 1 aliphatic carbocycles. The van der Waals surface area contributed by atoms with Crippen molar-refractivity contribution in [2.24, 2.45) is 12.5 Å². The fourth-order valence-corrected chi connectivity index (χ4v) is 4.32. The minimum atomic E-state index is -0.324. The first kappa shape index (κ1) is 16.3. The molecule has 2 N–H and O–H groups in total. The van der Waals surface area contributed by atoms with Crippen LogP contribution in [0, 0.1) is 12.3 Å². The van der Waals surface area contributed by atoms with E-state index in [1.807, 2.05) is 36.9 Å². The first-order valence-electron chi connectivity index (χ1n) is 9.17. The number of carbonyl (C=O) groups is 1. The van der Waals surface area contributed by atoms with Crippen molar-refractivity contribution in [3.8, 4) is 0 Å². The van der Waals surface area contributed by atoms with Crippen LogP contribution in [-0.4, -0.2) is 28.8 Å². The molecule has 1 amide bonds. The predicted molar refractivity (Wildman–Crippen MR) is 97.2 cm³/mol. The van der Waals surface area contributed by atoms with E-state index in [0.29, 0.717) is 0 Å². The number of hydrogen-bond acceptors (Lipinski definition) is 3. The number of rotatable bonds is 4. The van der Waals surface area contributed by atoms with Crippen LogP contribution >= 0.6 is 0 Å². The zero-order valence-corrected chi connectivity index (χ0v) is 15.0. The molecule has 1 fully saturated rings. The molecule has 1 aliphatic heterocycles. The van der Waals surface area contributed by atoms with Crippen molar-refractivity contribution in [3.05, 3.63) is 52.8 Å². The summed E-state index contributed by atoms with van der Waals surface area (Å²) >= 11 is 0. The molecule has 25 heavy (non-hydrogen) atoms. The summed E-state index contributed by atoms with van der Waals surface area (Å²) in [6.07, 6.45) is 3.94. The molecule has 1 aromatic heterocycles. The van der Waals surface area contributed by atoms with E-state index in [4.69, 9.17) is 0 Å². The summed E-state index contributed by atoms with van der Waals surface area (Å²) in [7, 11) is 2.00. The second kappa shape index (κ2) is 6.30. The van der Waals surface area contributed by atoms with Crippen molar-refractivity contribution in [2.45, 2.75) is 38.6 Å². The molecule has 0 saturated carbocycles. The fraction of sp³-hybridized carbons (Fsp3) is 0.500. The second-order valence-corrected chi connectivity index (χ2v) is 7.53. The van der Waals surface area contributed by atoms with Crippen LogP contribution in [0.25, 0.3) is 0 Å². The van der Waals surface area contributed by atoms with Gasteiger partial charge in [0.2, 0.25) is 5.91 Å². The van der Waals surface area contributed by atoms with Gasteiger partial charge in [-0.15, -0.1) is 0 Å². The Morgan fingerprint density at radius 3 is 2.80 bits per heavy atom. The standard InChI is InChI=1S/C20H26N4O/c1-14-18-16(9-6-10-17(18)24(2)23-14)22-19(25)20(12-21-13-20)11-15-7-4-3-5-8-15/h3-5,7-8,16,21H,6,9-13H2,1-2H3,(H,22,25). The minimum Gasteiger partial charge on any atom is -0.349 e. The molecular weight excluding hydrogens is 312 g/mol. The third-order valence-electron chi connectivity index (χ3n) is 5.75. The molecule has 0 spiro atoms. The Bertz CT molecular complexity index is 776. The lowest BCUT2D eigenvalue weighted by Crippen LogP contribution is -2.63. The van der Waals surface area contributed by atoms with Crippen LogP contribution in [0.1, 0.15) is 41.4 Å². The Balaban J connectivity index is 1.54. The van der Waals surface area contributed by atoms with E-state index in [2.05, 4.69) is 27.9 Å². The maximum absolute atomic E-state index is 13.2. The Kier molecular flexibility index (Phi) is 4.12. The average Bonchev–Trinajstić information content (AvgIpc) is 2.87. The molecular formula is C20H26N4O. The highest BCUT2D eigenvalue weighted by molar-refractivity contribution is 5.85. The van der Waals surface area contributed by atoms with Gasteiger partial charge in [-0.2, -0.15) is 5.10 Å². The monoisotopic (exact) mass is 338 g/mol. The normalized spacial score (nSPS) is 21.3. The third-order valence-corrected chi connectivity index (χ3v) is 5.75. The van der Waals surface area contributed by atoms with Crippen LogP contribution in [0.15, 0.2) is 30.3 Å². The highest BCUT2D eigenvalue weighted by atomic mass is 16.2. The number of aromatic nitrogens is 2. The number of nitrogens with one attached hydrogen (secondary N) is 2. The van der Waals surface area contributed by atoms with E-state index >= 15 is 0 Å². The van der Waals surface area contributed by atoms with Gasteiger partial charge in [0.15, 0.2) is 0 Å². The molecule has 0 radical (unpaired) electrons. The van der Waals surface area contributed by atoms with Crippen molar-refractivity contribution in [3.63, 3.8) is 0 Å². The first-order valence-corrected chi connectivity index (χ1v) is 9.17. The second-order valence-electron chi connectivity index (χ2n) is 7.53. The van der Waals surface area contributed by atoms with Crippen LogP contribution < -0.4 is 10.6 Å². The molecule has 1 unspecified atom stereocenters. The van der Waals surface area contributed by atoms with E-state index in [-0.39, 0.29) is 17.4 Å². The topological polar surface area (TPSA) is 59.0 Å². The highest BCUT2D eigenvalue weighted by Gasteiger charge is 2.45. The van der Waals surface area contributed by atoms with Crippen LogP contribution in [0.5, 0.6) is 0 Å². The lowest BCUT2D eigenvalue weighted by Gasteiger charge is -2.42. The number of hydrogen-bond donors (Lipinski definition) is 2. The number of aryl methyl sites for hydroxylation is 2. The lowest BCUT2D eigenvalue weighted by molar-refractivity contribution is -0.134. The van der Waals surface area contributed by atoms with Gasteiger partial charge in [0, 0.05) is 31.4 Å². The molecule has 2 aliphatic rings. The average molecular weight is 338 g/mol. The minimum absolute atomic E-state index is 0.0956. The van der Waals surface area contributed by atoms with Gasteiger partial charge in [-0.1, -0.05) is 30.3 Å². The first-order chi connectivity index (χ1) is 12.1. The van der Waals surface area contributed by atoms with Crippen molar-refractivity contribution in [1.29, 1.82) is 0 Å². The van der Waals surface area contributed by atoms with Crippen LogP contribution in [0.2, 0.25) is 0 Å². The summed E-state index contributed by atoms with van der Waals surface area (Å²) in [4.78, 5) is 13.2. The number of benzene rings is 1. The molecule has 132 valence electrons. The van der Waals surface area contributed by atoms with Crippen LogP contribution in [0.4, 0.5) is 0 Å². The summed E-state index contributed by atoms with van der Waals surface area (Å²) in [6.45, 7) is 3.55. The number of amides is 1. The predicted octanol–water partition coefficient (Wildman–Crippen LogP) is 2.05. The number of nitrogens with zero attached hydrogens (tertiary/aromatic N) is 2. The summed E-state index contributed by atoms with van der Waals surface area (Å²) in [5.41, 5.74) is 4.46. The van der Waals surface area contributed by atoms with Gasteiger partial charge < -0.3 is 10.6 Å². The van der Waals surface area contributed by atoms with E-state index in [0.717, 1.165) is 44.5 Å². The molecule has 2 aromatic rings. The van der Waals surface area contributed by atoms with Gasteiger partial charge >= 0.3 is 0 Å². The van der Waals surface area contributed by atoms with Gasteiger partial charge in [0.05, 0.1) is 17.2 Å². The van der Waals surface area contributed by atoms with Gasteiger partial charge in [-0.25, -0.2) is 0 Å². The van der Waals surface area contributed by atoms with Gasteiger partial charge in [0.1, 0.15) is 0 Å². The van der Waals surface area contributed by atoms with Crippen molar-refractivity contribution >= 4 is 5.91 Å². The van der Waals surface area contributed by atoms with Crippen LogP contribution in [0.3, 0.4) is 0 Å². The molecule has 1 aromatic carbocycles. The zero-order chi connectivity index (χ0) is 17.4. The van der Waals surface area contributed by atoms with Gasteiger partial charge in [0.25, 0.3) is 0 Å². The van der Waals surface area contributed by atoms with E-state index < -0.39 is 0 Å². The SMILES string of the molecule is Cc1nn(C)c2c1C(NC(=O)C1(Cc3ccccc3)CNC1)CCC2. The van der Waals surface area contributed by atoms with E-state index in [9.17, 15) is 4.79 Å². The van der Waals surface area contributed by atoms with Crippen LogP contribution in [-0.2, 0) is 24.7 Å². The van der Waals surface area contributed by atoms with Crippen molar-refractivity contribution < 1.29 is 4.79 Å². The quantitative estimate of drug-likeness (QED) is 0.897. The largest absolute Gasteiger partial charge is 0.349 e. The maximum Gasteiger partial charge on any atom is 0.229 e. The summed E-state index contributed by atoms with van der Waals surface area (Å²) in [5, 5.41) is 11.2. The Morgan fingerprint density at radius 1 is 1.36 bits per heavy atom. The summed E-state index contributed by atoms with van der Waals surface area (Å²) < 4.78 is 1.98. The fourth-order valence-electron chi connectivity index (χ4n) is 4.32. The third kappa shape index (κ3) is 2.86. The molecule has 1 saturated heterocycles.